The van der Waals surface area contributed by atoms with E-state index in [1.807, 2.05) is 13.0 Å². The maximum atomic E-state index is 8.91. The third kappa shape index (κ3) is 1.38. The minimum atomic E-state index is 0.549. The molecule has 2 heterocycles. The van der Waals surface area contributed by atoms with Gasteiger partial charge in [-0.1, -0.05) is 0 Å². The third-order valence-electron chi connectivity index (χ3n) is 2.27. The molecule has 0 saturated heterocycles. The lowest BCUT2D eigenvalue weighted by atomic mass is 10.2. The van der Waals surface area contributed by atoms with Crippen LogP contribution in [-0.4, -0.2) is 16.7 Å². The van der Waals surface area contributed by atoms with E-state index in [1.54, 1.807) is 17.8 Å². The first-order chi connectivity index (χ1) is 7.19. The van der Waals surface area contributed by atoms with Crippen LogP contribution in [0.15, 0.2) is 16.7 Å². The average Bonchev–Trinajstić information content (AvgIpc) is 2.67. The van der Waals surface area contributed by atoms with Gasteiger partial charge in [-0.25, -0.2) is 4.52 Å². The summed E-state index contributed by atoms with van der Waals surface area (Å²) in [4.78, 5) is 0. The number of pyridine rings is 1. The summed E-state index contributed by atoms with van der Waals surface area (Å²) in [5, 5.41) is 13.1. The van der Waals surface area contributed by atoms with E-state index in [-0.39, 0.29) is 0 Å². The summed E-state index contributed by atoms with van der Waals surface area (Å²) in [6, 6.07) is 3.94. The summed E-state index contributed by atoms with van der Waals surface area (Å²) in [5.41, 5.74) is 2.20. The second-order valence-corrected chi connectivity index (χ2v) is 3.93. The van der Waals surface area contributed by atoms with Crippen LogP contribution in [0.4, 0.5) is 0 Å². The minimum Gasteiger partial charge on any atom is -0.495 e. The Balaban J connectivity index is 2.90. The predicted octanol–water partition coefficient (Wildman–Crippen LogP) is 2.29. The fourth-order valence-corrected chi connectivity index (χ4v) is 2.10. The van der Waals surface area contributed by atoms with Crippen LogP contribution in [0.2, 0.25) is 0 Å². The van der Waals surface area contributed by atoms with Gasteiger partial charge in [0.2, 0.25) is 0 Å². The topological polar surface area (TPSA) is 50.3 Å². The molecule has 0 aliphatic rings. The molecule has 15 heavy (non-hydrogen) atoms. The zero-order valence-electron chi connectivity index (χ0n) is 8.28. The predicted molar refractivity (Wildman–Crippen MR) is 58.9 cm³/mol. The maximum absolute atomic E-state index is 8.91. The van der Waals surface area contributed by atoms with Crippen LogP contribution in [0.25, 0.3) is 5.52 Å². The molecule has 0 atom stereocenters. The number of ether oxygens (including phenoxy) is 1. The summed E-state index contributed by atoms with van der Waals surface area (Å²) in [6.07, 6.45) is 1.55. The van der Waals surface area contributed by atoms with E-state index in [1.165, 1.54) is 0 Å². The van der Waals surface area contributed by atoms with Crippen molar-refractivity contribution in [2.24, 2.45) is 0 Å². The summed E-state index contributed by atoms with van der Waals surface area (Å²) in [6.45, 7) is 1.90. The number of hydrogen-bond donors (Lipinski definition) is 0. The molecule has 4 nitrogen and oxygen atoms in total. The highest BCUT2D eigenvalue weighted by Gasteiger charge is 2.12. The zero-order chi connectivity index (χ0) is 11.0. The van der Waals surface area contributed by atoms with Gasteiger partial charge in [0.25, 0.3) is 0 Å². The van der Waals surface area contributed by atoms with Crippen molar-refractivity contribution < 1.29 is 4.74 Å². The molecule has 0 aliphatic heterocycles. The van der Waals surface area contributed by atoms with Crippen molar-refractivity contribution in [1.82, 2.24) is 9.61 Å². The second-order valence-electron chi connectivity index (χ2n) is 3.08. The fourth-order valence-electron chi connectivity index (χ4n) is 1.51. The second kappa shape index (κ2) is 3.55. The first-order valence-corrected chi connectivity index (χ1v) is 5.09. The Morgan fingerprint density at radius 3 is 2.93 bits per heavy atom. The van der Waals surface area contributed by atoms with E-state index in [9.17, 15) is 0 Å². The molecule has 0 spiro atoms. The molecule has 2 rings (SSSR count). The van der Waals surface area contributed by atoms with Gasteiger partial charge in [-0.3, -0.25) is 0 Å². The largest absolute Gasteiger partial charge is 0.495 e. The number of hydrogen-bond acceptors (Lipinski definition) is 3. The SMILES string of the molecule is COc1cc(Br)c2c(C#N)cnn2c1C. The van der Waals surface area contributed by atoms with E-state index in [0.29, 0.717) is 5.56 Å². The first kappa shape index (κ1) is 9.99. The highest BCUT2D eigenvalue weighted by atomic mass is 79.9. The monoisotopic (exact) mass is 265 g/mol. The van der Waals surface area contributed by atoms with Crippen LogP contribution in [0.1, 0.15) is 11.3 Å². The van der Waals surface area contributed by atoms with Crippen molar-refractivity contribution >= 4 is 21.4 Å². The van der Waals surface area contributed by atoms with Gasteiger partial charge >= 0.3 is 0 Å². The fraction of sp³-hybridized carbons (Fsp3) is 0.200. The van der Waals surface area contributed by atoms with Gasteiger partial charge in [0.15, 0.2) is 0 Å². The Bertz CT molecular complexity index is 568. The number of aryl methyl sites for hydroxylation is 1. The van der Waals surface area contributed by atoms with E-state index in [2.05, 4.69) is 27.1 Å². The molecule has 0 aromatic carbocycles. The molecule has 0 aliphatic carbocycles. The number of halogens is 1. The highest BCUT2D eigenvalue weighted by Crippen LogP contribution is 2.29. The van der Waals surface area contributed by atoms with E-state index < -0.39 is 0 Å². The van der Waals surface area contributed by atoms with Crippen LogP contribution in [-0.2, 0) is 0 Å². The molecule has 0 fully saturated rings. The Labute approximate surface area is 95.2 Å². The number of aromatic nitrogens is 2. The molecule has 0 amide bonds. The molecule has 0 N–H and O–H groups in total. The first-order valence-electron chi connectivity index (χ1n) is 4.30. The summed E-state index contributed by atoms with van der Waals surface area (Å²) in [7, 11) is 1.61. The summed E-state index contributed by atoms with van der Waals surface area (Å²) >= 11 is 3.40. The Hall–Kier alpha value is -1.54. The molecule has 2 aromatic heterocycles. The Morgan fingerprint density at radius 2 is 2.33 bits per heavy atom. The number of rotatable bonds is 1. The van der Waals surface area contributed by atoms with Crippen molar-refractivity contribution in [2.75, 3.05) is 7.11 Å². The lowest BCUT2D eigenvalue weighted by molar-refractivity contribution is 0.407. The third-order valence-corrected chi connectivity index (χ3v) is 2.87. The quantitative estimate of drug-likeness (QED) is 0.795. The van der Waals surface area contributed by atoms with Crippen LogP contribution in [0.5, 0.6) is 5.75 Å². The molecule has 0 bridgehead atoms. The minimum absolute atomic E-state index is 0.549. The molecule has 76 valence electrons. The maximum Gasteiger partial charge on any atom is 0.141 e. The number of methoxy groups -OCH3 is 1. The van der Waals surface area contributed by atoms with Gasteiger partial charge < -0.3 is 4.74 Å². The van der Waals surface area contributed by atoms with E-state index >= 15 is 0 Å². The van der Waals surface area contributed by atoms with Crippen LogP contribution in [0.3, 0.4) is 0 Å². The van der Waals surface area contributed by atoms with Crippen LogP contribution >= 0.6 is 15.9 Å². The average molecular weight is 266 g/mol. The van der Waals surface area contributed by atoms with Crippen LogP contribution < -0.4 is 4.74 Å². The zero-order valence-corrected chi connectivity index (χ0v) is 9.87. The highest BCUT2D eigenvalue weighted by molar-refractivity contribution is 9.10. The number of nitrogens with zero attached hydrogens (tertiary/aromatic N) is 3. The van der Waals surface area contributed by atoms with Gasteiger partial charge in [-0.05, 0) is 28.9 Å². The van der Waals surface area contributed by atoms with Crippen molar-refractivity contribution in [1.29, 1.82) is 5.26 Å². The molecular formula is C10H8BrN3O. The molecule has 2 aromatic rings. The number of nitriles is 1. The lowest BCUT2D eigenvalue weighted by Crippen LogP contribution is -1.98. The van der Waals surface area contributed by atoms with Gasteiger partial charge in [-0.15, -0.1) is 0 Å². The number of fused-ring (bicyclic) bond motifs is 1. The molecule has 0 radical (unpaired) electrons. The molecule has 0 unspecified atom stereocenters. The van der Waals surface area contributed by atoms with Gasteiger partial charge in [-0.2, -0.15) is 10.4 Å². The van der Waals surface area contributed by atoms with E-state index in [0.717, 1.165) is 21.4 Å². The Kier molecular flexibility index (Phi) is 2.37. The Morgan fingerprint density at radius 1 is 1.60 bits per heavy atom. The molecular weight excluding hydrogens is 258 g/mol. The van der Waals surface area contributed by atoms with Crippen molar-refractivity contribution in [3.63, 3.8) is 0 Å². The normalized spacial score (nSPS) is 10.3. The van der Waals surface area contributed by atoms with Gasteiger partial charge in [0.05, 0.1) is 30.1 Å². The van der Waals surface area contributed by atoms with Crippen molar-refractivity contribution in [3.05, 3.63) is 28.0 Å². The smallest absolute Gasteiger partial charge is 0.141 e. The standard InChI is InChI=1S/C10H8BrN3O/c1-6-9(15-2)3-8(11)10-7(4-12)5-13-14(6)10/h3,5H,1-2H3. The summed E-state index contributed by atoms with van der Waals surface area (Å²) < 4.78 is 7.70. The van der Waals surface area contributed by atoms with Crippen LogP contribution in [0, 0.1) is 18.3 Å². The lowest BCUT2D eigenvalue weighted by Gasteiger charge is -2.07. The van der Waals surface area contributed by atoms with E-state index in [4.69, 9.17) is 10.00 Å². The molecule has 5 heteroatoms. The van der Waals surface area contributed by atoms with Crippen molar-refractivity contribution in [2.45, 2.75) is 6.92 Å². The van der Waals surface area contributed by atoms with Gasteiger partial charge in [0.1, 0.15) is 11.8 Å². The van der Waals surface area contributed by atoms with Gasteiger partial charge in [0, 0.05) is 4.47 Å². The summed E-state index contributed by atoms with van der Waals surface area (Å²) in [5.74, 6) is 0.738. The molecule has 0 saturated carbocycles. The van der Waals surface area contributed by atoms with Crippen molar-refractivity contribution in [3.8, 4) is 11.8 Å².